The summed E-state index contributed by atoms with van der Waals surface area (Å²) in [7, 11) is 3.26. The Balaban J connectivity index is 1.33. The smallest absolute Gasteiger partial charge is 0.251 e. The van der Waals surface area contributed by atoms with Crippen molar-refractivity contribution in [2.75, 3.05) is 40.4 Å². The van der Waals surface area contributed by atoms with Crippen LogP contribution in [0.25, 0.3) is 0 Å². The van der Waals surface area contributed by atoms with Crippen molar-refractivity contribution in [2.24, 2.45) is 5.41 Å². The molecule has 3 aromatic carbocycles. The fourth-order valence-electron chi connectivity index (χ4n) is 5.24. The van der Waals surface area contributed by atoms with E-state index in [1.54, 1.807) is 26.4 Å². The third-order valence-corrected chi connectivity index (χ3v) is 8.15. The standard InChI is InChI=1S/C31H35ClN2O5/c1-36-25-7-3-22(4-8-25)19-38-28-18-24(30(35)33-21-31-11-14-34(15-12-31)16-13-31)17-27(32)29(28)39-20-23-5-9-26(37-2)10-6-23/h3-10,17-18H,11-16,19-21H2,1-2H3,(H,33,35). The molecule has 0 spiro atoms. The highest BCUT2D eigenvalue weighted by Gasteiger charge is 2.39. The van der Waals surface area contributed by atoms with E-state index in [-0.39, 0.29) is 24.5 Å². The molecular formula is C31H35ClN2O5. The molecule has 0 aliphatic carbocycles. The minimum absolute atomic E-state index is 0.157. The highest BCUT2D eigenvalue weighted by molar-refractivity contribution is 6.32. The molecule has 2 bridgehead atoms. The number of methoxy groups -OCH3 is 2. The second-order valence-corrected chi connectivity index (χ2v) is 10.7. The molecule has 3 saturated heterocycles. The molecule has 3 fully saturated rings. The van der Waals surface area contributed by atoms with Crippen LogP contribution in [0.15, 0.2) is 60.7 Å². The predicted octanol–water partition coefficient (Wildman–Crippen LogP) is 5.73. The number of halogens is 1. The largest absolute Gasteiger partial charge is 0.497 e. The molecule has 0 unspecified atom stereocenters. The lowest BCUT2D eigenvalue weighted by atomic mass is 9.72. The third-order valence-electron chi connectivity index (χ3n) is 7.87. The van der Waals surface area contributed by atoms with Gasteiger partial charge in [0.2, 0.25) is 0 Å². The Bertz CT molecular complexity index is 1260. The number of rotatable bonds is 11. The molecule has 39 heavy (non-hydrogen) atoms. The first-order valence-corrected chi connectivity index (χ1v) is 13.7. The summed E-state index contributed by atoms with van der Waals surface area (Å²) < 4.78 is 22.8. The number of nitrogens with one attached hydrogen (secondary N) is 1. The fourth-order valence-corrected chi connectivity index (χ4v) is 5.50. The van der Waals surface area contributed by atoms with Gasteiger partial charge < -0.3 is 29.2 Å². The Kier molecular flexibility index (Phi) is 8.48. The molecule has 8 heteroatoms. The van der Waals surface area contributed by atoms with Gasteiger partial charge in [0.25, 0.3) is 5.91 Å². The molecule has 3 aliphatic heterocycles. The van der Waals surface area contributed by atoms with Crippen LogP contribution in [0.2, 0.25) is 5.02 Å². The highest BCUT2D eigenvalue weighted by atomic mass is 35.5. The molecule has 206 valence electrons. The topological polar surface area (TPSA) is 69.3 Å². The average molecular weight is 551 g/mol. The van der Waals surface area contributed by atoms with Gasteiger partial charge in [-0.15, -0.1) is 0 Å². The number of ether oxygens (including phenoxy) is 4. The molecule has 0 atom stereocenters. The van der Waals surface area contributed by atoms with Crippen molar-refractivity contribution in [3.63, 3.8) is 0 Å². The number of hydrogen-bond donors (Lipinski definition) is 1. The second-order valence-electron chi connectivity index (χ2n) is 10.3. The summed E-state index contributed by atoms with van der Waals surface area (Å²) in [5, 5.41) is 3.50. The van der Waals surface area contributed by atoms with E-state index in [2.05, 4.69) is 10.2 Å². The van der Waals surface area contributed by atoms with Gasteiger partial charge >= 0.3 is 0 Å². The number of amides is 1. The van der Waals surface area contributed by atoms with Crippen LogP contribution in [0.5, 0.6) is 23.0 Å². The van der Waals surface area contributed by atoms with Gasteiger partial charge in [-0.1, -0.05) is 35.9 Å². The van der Waals surface area contributed by atoms with Crippen LogP contribution in [0, 0.1) is 5.41 Å². The van der Waals surface area contributed by atoms with Crippen LogP contribution in [0.4, 0.5) is 0 Å². The van der Waals surface area contributed by atoms with Gasteiger partial charge in [0.15, 0.2) is 11.5 Å². The van der Waals surface area contributed by atoms with Crippen molar-refractivity contribution in [3.8, 4) is 23.0 Å². The third kappa shape index (κ3) is 6.60. The summed E-state index contributed by atoms with van der Waals surface area (Å²) in [6, 6.07) is 18.6. The summed E-state index contributed by atoms with van der Waals surface area (Å²) >= 11 is 6.70. The number of benzene rings is 3. The zero-order valence-corrected chi connectivity index (χ0v) is 23.3. The predicted molar refractivity (Wildman–Crippen MR) is 151 cm³/mol. The molecule has 7 nitrogen and oxygen atoms in total. The maximum absolute atomic E-state index is 13.3. The normalized spacial score (nSPS) is 19.8. The van der Waals surface area contributed by atoms with E-state index >= 15 is 0 Å². The van der Waals surface area contributed by atoms with Gasteiger partial charge in [0.1, 0.15) is 24.7 Å². The van der Waals surface area contributed by atoms with E-state index < -0.39 is 0 Å². The number of nitrogens with zero attached hydrogens (tertiary/aromatic N) is 1. The van der Waals surface area contributed by atoms with E-state index in [1.807, 2.05) is 48.5 Å². The number of carbonyl (C=O) groups excluding carboxylic acids is 1. The Hall–Kier alpha value is -3.42. The molecule has 0 aromatic heterocycles. The number of carbonyl (C=O) groups is 1. The molecule has 3 heterocycles. The lowest BCUT2D eigenvalue weighted by molar-refractivity contribution is 0.0262. The van der Waals surface area contributed by atoms with E-state index in [4.69, 9.17) is 30.5 Å². The first-order chi connectivity index (χ1) is 19.0. The summed E-state index contributed by atoms with van der Waals surface area (Å²) in [4.78, 5) is 15.8. The molecule has 0 saturated carbocycles. The molecule has 1 N–H and O–H groups in total. The van der Waals surface area contributed by atoms with Crippen LogP contribution in [-0.4, -0.2) is 51.2 Å². The van der Waals surface area contributed by atoms with Crippen molar-refractivity contribution in [3.05, 3.63) is 82.4 Å². The van der Waals surface area contributed by atoms with Crippen molar-refractivity contribution in [1.29, 1.82) is 0 Å². The maximum Gasteiger partial charge on any atom is 0.251 e. The molecule has 3 aromatic rings. The van der Waals surface area contributed by atoms with E-state index in [0.29, 0.717) is 28.6 Å². The van der Waals surface area contributed by atoms with Gasteiger partial charge in [-0.05, 0) is 91.8 Å². The van der Waals surface area contributed by atoms with E-state index in [0.717, 1.165) is 61.5 Å². The van der Waals surface area contributed by atoms with Gasteiger partial charge in [-0.25, -0.2) is 0 Å². The summed E-state index contributed by atoms with van der Waals surface area (Å²) in [5.74, 6) is 2.20. The monoisotopic (exact) mass is 550 g/mol. The Morgan fingerprint density at radius 3 is 1.92 bits per heavy atom. The van der Waals surface area contributed by atoms with Crippen molar-refractivity contribution >= 4 is 17.5 Å². The highest BCUT2D eigenvalue weighted by Crippen LogP contribution is 2.40. The van der Waals surface area contributed by atoms with Crippen molar-refractivity contribution in [2.45, 2.75) is 32.5 Å². The molecular weight excluding hydrogens is 516 g/mol. The van der Waals surface area contributed by atoms with Crippen LogP contribution in [0.1, 0.15) is 40.7 Å². The van der Waals surface area contributed by atoms with Crippen molar-refractivity contribution < 1.29 is 23.7 Å². The quantitative estimate of drug-likeness (QED) is 0.329. The van der Waals surface area contributed by atoms with Crippen LogP contribution >= 0.6 is 11.6 Å². The molecule has 3 aliphatic rings. The zero-order valence-electron chi connectivity index (χ0n) is 22.5. The van der Waals surface area contributed by atoms with E-state index in [9.17, 15) is 4.79 Å². The van der Waals surface area contributed by atoms with Gasteiger partial charge in [0.05, 0.1) is 19.2 Å². The molecule has 6 rings (SSSR count). The number of piperidine rings is 3. The molecule has 0 radical (unpaired) electrons. The minimum Gasteiger partial charge on any atom is -0.497 e. The minimum atomic E-state index is -0.157. The SMILES string of the molecule is COc1ccc(COc2cc(C(=O)NCC34CCN(CC3)CC4)cc(Cl)c2OCc2ccc(OC)cc2)cc1. The van der Waals surface area contributed by atoms with E-state index in [1.165, 1.54) is 0 Å². The summed E-state index contributed by atoms with van der Waals surface area (Å²) in [5.41, 5.74) is 2.55. The Morgan fingerprint density at radius 2 is 1.38 bits per heavy atom. The Morgan fingerprint density at radius 1 is 0.846 bits per heavy atom. The zero-order chi connectivity index (χ0) is 27.2. The lowest BCUT2D eigenvalue weighted by Gasteiger charge is -2.48. The van der Waals surface area contributed by atoms with Crippen LogP contribution in [-0.2, 0) is 13.2 Å². The number of hydrogen-bond acceptors (Lipinski definition) is 6. The average Bonchev–Trinajstić information content (AvgIpc) is 2.99. The van der Waals surface area contributed by atoms with Gasteiger partial charge in [-0.2, -0.15) is 0 Å². The molecule has 1 amide bonds. The van der Waals surface area contributed by atoms with Gasteiger partial charge in [-0.3, -0.25) is 4.79 Å². The second kappa shape index (κ2) is 12.2. The summed E-state index contributed by atoms with van der Waals surface area (Å²) in [6.07, 6.45) is 3.38. The van der Waals surface area contributed by atoms with Crippen LogP contribution in [0.3, 0.4) is 0 Å². The summed E-state index contributed by atoms with van der Waals surface area (Å²) in [6.45, 7) is 4.59. The van der Waals surface area contributed by atoms with Crippen molar-refractivity contribution in [1.82, 2.24) is 10.2 Å². The Labute approximate surface area is 235 Å². The lowest BCUT2D eigenvalue weighted by Crippen LogP contribution is -2.52. The van der Waals surface area contributed by atoms with Gasteiger partial charge in [0, 0.05) is 12.1 Å². The number of fused-ring (bicyclic) bond motifs is 3. The van der Waals surface area contributed by atoms with Crippen LogP contribution < -0.4 is 24.3 Å². The first-order valence-electron chi connectivity index (χ1n) is 13.3. The fraction of sp³-hybridized carbons (Fsp3) is 0.387. The first kappa shape index (κ1) is 27.2. The maximum atomic E-state index is 13.3.